The molecule has 1 unspecified atom stereocenters. The molecule has 9 nitrogen and oxygen atoms in total. The molecule has 1 atom stereocenters. The molecule has 0 radical (unpaired) electrons. The molecule has 43 heavy (non-hydrogen) atoms. The number of Topliss-reactive ketones (excluding diaryl/α,β-unsaturated/α-hetero) is 1. The number of hydrogen-bond donors (Lipinski definition) is 2. The van der Waals surface area contributed by atoms with Crippen LogP contribution in [0.4, 0.5) is 5.13 Å². The normalized spacial score (nSPS) is 16.5. The number of aromatic hydroxyl groups is 1. The lowest BCUT2D eigenvalue weighted by atomic mass is 9.96. The van der Waals surface area contributed by atoms with E-state index in [1.165, 1.54) is 40.1 Å². The van der Waals surface area contributed by atoms with E-state index in [0.29, 0.717) is 32.7 Å². The number of nitrogens with zero attached hydrogens (tertiary/aromatic N) is 5. The maximum atomic E-state index is 13.6. The third-order valence-electron chi connectivity index (χ3n) is 7.39. The average molecular weight is 606 g/mol. The van der Waals surface area contributed by atoms with Crippen molar-refractivity contribution in [1.29, 1.82) is 0 Å². The van der Waals surface area contributed by atoms with Gasteiger partial charge in [-0.05, 0) is 53.1 Å². The van der Waals surface area contributed by atoms with E-state index in [1.807, 2.05) is 24.3 Å². The number of aliphatic hydroxyl groups excluding tert-OH is 1. The Bertz CT molecular complexity index is 2100. The van der Waals surface area contributed by atoms with E-state index >= 15 is 0 Å². The maximum Gasteiger partial charge on any atom is 0.301 e. The van der Waals surface area contributed by atoms with Gasteiger partial charge in [0, 0.05) is 11.9 Å². The number of carbonyl (C=O) groups is 2. The number of thioether (sulfide) groups is 1. The fraction of sp³-hybridized carbons (Fsp3) is 0.0938. The molecule has 0 aliphatic carbocycles. The third kappa shape index (κ3) is 4.62. The number of benzene rings is 3. The van der Waals surface area contributed by atoms with Gasteiger partial charge in [0.1, 0.15) is 17.1 Å². The van der Waals surface area contributed by atoms with Gasteiger partial charge in [0.25, 0.3) is 5.78 Å². The first-order chi connectivity index (χ1) is 20.9. The van der Waals surface area contributed by atoms with Gasteiger partial charge in [0.15, 0.2) is 10.1 Å². The molecule has 0 saturated carbocycles. The van der Waals surface area contributed by atoms with Gasteiger partial charge in [-0.3, -0.25) is 18.9 Å². The molecule has 212 valence electrons. The minimum atomic E-state index is -1.05. The Labute approximate surface area is 253 Å². The van der Waals surface area contributed by atoms with Crippen LogP contribution in [0.1, 0.15) is 28.6 Å². The van der Waals surface area contributed by atoms with Crippen molar-refractivity contribution >= 4 is 62.1 Å². The standard InChI is InChI=1S/C32H23N5O4S2/c1-18-26(36-15-5-4-14-24(36)33-18)28(39)25-27(20-10-7-12-22(38)16-20)37(30(41)29(25)40)31-34-35-32(43-31)42-17-21-11-6-9-19-8-2-3-13-23(19)21/h2-16,27,38-39H,17H2,1H3. The fourth-order valence-corrected chi connectivity index (χ4v) is 7.35. The SMILES string of the molecule is Cc1nc2ccccn2c1C(O)=C1C(=O)C(=O)N(c2nnc(SCc3cccc4ccccc34)s2)C1c1cccc(O)c1. The summed E-state index contributed by atoms with van der Waals surface area (Å²) in [7, 11) is 0. The summed E-state index contributed by atoms with van der Waals surface area (Å²) in [6, 6.07) is 24.9. The third-order valence-corrected chi connectivity index (χ3v) is 9.50. The number of hydrogen-bond acceptors (Lipinski definition) is 9. The van der Waals surface area contributed by atoms with Crippen molar-refractivity contribution < 1.29 is 19.8 Å². The second kappa shape index (κ2) is 10.7. The molecular weight excluding hydrogens is 583 g/mol. The number of pyridine rings is 1. The highest BCUT2D eigenvalue weighted by atomic mass is 32.2. The minimum absolute atomic E-state index is 0.0438. The lowest BCUT2D eigenvalue weighted by molar-refractivity contribution is -0.132. The van der Waals surface area contributed by atoms with Crippen molar-refractivity contribution in [1.82, 2.24) is 19.6 Å². The van der Waals surface area contributed by atoms with Gasteiger partial charge in [0.2, 0.25) is 5.13 Å². The average Bonchev–Trinajstić information content (AvgIpc) is 3.69. The molecule has 4 heterocycles. The van der Waals surface area contributed by atoms with Gasteiger partial charge in [-0.2, -0.15) is 0 Å². The Morgan fingerprint density at radius 1 is 0.977 bits per heavy atom. The number of fused-ring (bicyclic) bond motifs is 2. The van der Waals surface area contributed by atoms with Crippen molar-refractivity contribution in [3.8, 4) is 5.75 Å². The Kier molecular flexibility index (Phi) is 6.68. The molecule has 6 aromatic rings. The molecule has 3 aromatic heterocycles. The van der Waals surface area contributed by atoms with Crippen LogP contribution in [0.25, 0.3) is 22.2 Å². The lowest BCUT2D eigenvalue weighted by Gasteiger charge is -2.22. The highest BCUT2D eigenvalue weighted by molar-refractivity contribution is 8.00. The molecule has 1 saturated heterocycles. The van der Waals surface area contributed by atoms with E-state index in [0.717, 1.165) is 16.3 Å². The van der Waals surface area contributed by atoms with Crippen LogP contribution in [0.5, 0.6) is 5.75 Å². The summed E-state index contributed by atoms with van der Waals surface area (Å²) >= 11 is 2.68. The summed E-state index contributed by atoms with van der Waals surface area (Å²) < 4.78 is 2.29. The second-order valence-corrected chi connectivity index (χ2v) is 12.2. The van der Waals surface area contributed by atoms with Gasteiger partial charge >= 0.3 is 5.91 Å². The van der Waals surface area contributed by atoms with E-state index in [4.69, 9.17) is 0 Å². The van der Waals surface area contributed by atoms with Gasteiger partial charge in [0.05, 0.1) is 17.3 Å². The molecule has 1 fully saturated rings. The largest absolute Gasteiger partial charge is 0.508 e. The first-order valence-corrected chi connectivity index (χ1v) is 15.2. The van der Waals surface area contributed by atoms with Crippen LogP contribution in [-0.4, -0.2) is 41.5 Å². The number of aliphatic hydroxyl groups is 1. The summed E-state index contributed by atoms with van der Waals surface area (Å²) in [5.41, 5.74) is 2.84. The minimum Gasteiger partial charge on any atom is -0.508 e. The van der Waals surface area contributed by atoms with Crippen LogP contribution in [0.3, 0.4) is 0 Å². The predicted octanol–water partition coefficient (Wildman–Crippen LogP) is 6.27. The van der Waals surface area contributed by atoms with E-state index in [2.05, 4.69) is 39.4 Å². The van der Waals surface area contributed by atoms with Crippen LogP contribution < -0.4 is 4.90 Å². The second-order valence-electron chi connectivity index (χ2n) is 10.0. The smallest absolute Gasteiger partial charge is 0.301 e. The quantitative estimate of drug-likeness (QED) is 0.0749. The number of phenols is 1. The fourth-order valence-electron chi connectivity index (χ4n) is 5.48. The highest BCUT2D eigenvalue weighted by Gasteiger charge is 2.49. The van der Waals surface area contributed by atoms with Crippen molar-refractivity contribution in [3.05, 3.63) is 119 Å². The number of amides is 1. The topological polar surface area (TPSA) is 121 Å². The number of imidazole rings is 1. The van der Waals surface area contributed by atoms with Gasteiger partial charge < -0.3 is 10.2 Å². The van der Waals surface area contributed by atoms with Crippen LogP contribution in [0, 0.1) is 6.92 Å². The number of aryl methyl sites for hydroxylation is 1. The molecule has 2 N–H and O–H groups in total. The molecular formula is C32H23N5O4S2. The first kappa shape index (κ1) is 26.9. The van der Waals surface area contributed by atoms with E-state index in [9.17, 15) is 19.8 Å². The van der Waals surface area contributed by atoms with Crippen LogP contribution in [0.15, 0.2) is 101 Å². The molecule has 1 amide bonds. The molecule has 1 aliphatic heterocycles. The number of rotatable bonds is 6. The zero-order valence-electron chi connectivity index (χ0n) is 22.7. The molecule has 3 aromatic carbocycles. The van der Waals surface area contributed by atoms with E-state index in [-0.39, 0.29) is 22.2 Å². The van der Waals surface area contributed by atoms with Crippen molar-refractivity contribution in [2.45, 2.75) is 23.1 Å². The first-order valence-electron chi connectivity index (χ1n) is 13.4. The monoisotopic (exact) mass is 605 g/mol. The molecule has 0 bridgehead atoms. The van der Waals surface area contributed by atoms with E-state index in [1.54, 1.807) is 41.8 Å². The molecule has 1 aliphatic rings. The van der Waals surface area contributed by atoms with Crippen molar-refractivity contribution in [2.75, 3.05) is 4.90 Å². The summed E-state index contributed by atoms with van der Waals surface area (Å²) in [6.45, 7) is 1.73. The summed E-state index contributed by atoms with van der Waals surface area (Å²) in [5.74, 6) is -1.48. The maximum absolute atomic E-state index is 13.6. The van der Waals surface area contributed by atoms with E-state index < -0.39 is 17.7 Å². The summed E-state index contributed by atoms with van der Waals surface area (Å²) in [5, 5.41) is 33.1. The van der Waals surface area contributed by atoms with Crippen LogP contribution >= 0.6 is 23.1 Å². The lowest BCUT2D eigenvalue weighted by Crippen LogP contribution is -2.29. The Morgan fingerprint density at radius 2 is 1.77 bits per heavy atom. The van der Waals surface area contributed by atoms with Crippen molar-refractivity contribution in [3.63, 3.8) is 0 Å². The van der Waals surface area contributed by atoms with Gasteiger partial charge in [-0.15, -0.1) is 10.2 Å². The zero-order chi connectivity index (χ0) is 29.7. The number of aromatic nitrogens is 4. The number of phenolic OH excluding ortho intramolecular Hbond substituents is 1. The predicted molar refractivity (Wildman–Crippen MR) is 166 cm³/mol. The van der Waals surface area contributed by atoms with Crippen molar-refractivity contribution in [2.24, 2.45) is 0 Å². The molecule has 7 rings (SSSR count). The highest BCUT2D eigenvalue weighted by Crippen LogP contribution is 2.45. The molecule has 11 heteroatoms. The summed E-state index contributed by atoms with van der Waals surface area (Å²) in [6.07, 6.45) is 1.73. The summed E-state index contributed by atoms with van der Waals surface area (Å²) in [4.78, 5) is 33.0. The Hall–Kier alpha value is -5.00. The number of ketones is 1. The molecule has 0 spiro atoms. The van der Waals surface area contributed by atoms with Crippen LogP contribution in [-0.2, 0) is 15.3 Å². The number of carbonyl (C=O) groups excluding carboxylic acids is 2. The van der Waals surface area contributed by atoms with Gasteiger partial charge in [-0.25, -0.2) is 4.98 Å². The zero-order valence-corrected chi connectivity index (χ0v) is 24.3. The van der Waals surface area contributed by atoms with Crippen LogP contribution in [0.2, 0.25) is 0 Å². The Morgan fingerprint density at radius 3 is 2.63 bits per heavy atom. The number of anilines is 1. The van der Waals surface area contributed by atoms with Gasteiger partial charge in [-0.1, -0.05) is 83.8 Å². The Balaban J connectivity index is 1.29.